The van der Waals surface area contributed by atoms with Gasteiger partial charge in [-0.2, -0.15) is 0 Å². The number of hydrogen-bond donors (Lipinski definition) is 2. The second-order valence-electron chi connectivity index (χ2n) is 5.41. The van der Waals surface area contributed by atoms with Gasteiger partial charge in [-0.25, -0.2) is 0 Å². The lowest BCUT2D eigenvalue weighted by atomic mass is 10.0. The van der Waals surface area contributed by atoms with E-state index in [4.69, 9.17) is 15.7 Å². The first kappa shape index (κ1) is 14.7. The van der Waals surface area contributed by atoms with Gasteiger partial charge in [-0.15, -0.1) is 0 Å². The fraction of sp³-hybridized carbons (Fsp3) is 0.533. The standard InChI is InChI=1S/C15H23N3O2/c1-12-3-2-8-18(11-12)9-10-20-14-6-4-13(5-7-14)15(16)17-19/h4-7,12,19H,2-3,8-11H2,1H3,(H2,16,17). The van der Waals surface area contributed by atoms with Crippen LogP contribution >= 0.6 is 0 Å². The monoisotopic (exact) mass is 277 g/mol. The minimum Gasteiger partial charge on any atom is -0.492 e. The molecule has 1 heterocycles. The molecule has 5 heteroatoms. The van der Waals surface area contributed by atoms with Crippen LogP contribution in [0.2, 0.25) is 0 Å². The molecule has 3 N–H and O–H groups in total. The van der Waals surface area contributed by atoms with E-state index in [0.29, 0.717) is 12.2 Å². The van der Waals surface area contributed by atoms with Gasteiger partial charge in [-0.05, 0) is 49.6 Å². The van der Waals surface area contributed by atoms with E-state index in [1.807, 2.05) is 12.1 Å². The van der Waals surface area contributed by atoms with Gasteiger partial charge in [-0.1, -0.05) is 12.1 Å². The highest BCUT2D eigenvalue weighted by molar-refractivity contribution is 5.97. The van der Waals surface area contributed by atoms with Gasteiger partial charge >= 0.3 is 0 Å². The maximum atomic E-state index is 8.59. The smallest absolute Gasteiger partial charge is 0.170 e. The van der Waals surface area contributed by atoms with Crippen molar-refractivity contribution in [2.24, 2.45) is 16.8 Å². The van der Waals surface area contributed by atoms with Crippen LogP contribution in [0.25, 0.3) is 0 Å². The molecule has 0 amide bonds. The summed E-state index contributed by atoms with van der Waals surface area (Å²) in [5, 5.41) is 11.6. The van der Waals surface area contributed by atoms with Crippen molar-refractivity contribution in [3.63, 3.8) is 0 Å². The zero-order valence-corrected chi connectivity index (χ0v) is 12.0. The molecule has 1 atom stereocenters. The highest BCUT2D eigenvalue weighted by Crippen LogP contribution is 2.16. The van der Waals surface area contributed by atoms with Crippen molar-refractivity contribution in [1.82, 2.24) is 4.90 Å². The number of likely N-dealkylation sites (tertiary alicyclic amines) is 1. The lowest BCUT2D eigenvalue weighted by Gasteiger charge is -2.30. The van der Waals surface area contributed by atoms with Crippen LogP contribution in [0, 0.1) is 5.92 Å². The Morgan fingerprint density at radius 1 is 1.45 bits per heavy atom. The highest BCUT2D eigenvalue weighted by atomic mass is 16.5. The van der Waals surface area contributed by atoms with Crippen LogP contribution in [0.4, 0.5) is 0 Å². The van der Waals surface area contributed by atoms with E-state index in [2.05, 4.69) is 17.0 Å². The highest BCUT2D eigenvalue weighted by Gasteiger charge is 2.15. The normalized spacial score (nSPS) is 20.9. The summed E-state index contributed by atoms with van der Waals surface area (Å²) in [6.07, 6.45) is 2.63. The molecule has 1 saturated heterocycles. The third-order valence-corrected chi connectivity index (χ3v) is 3.68. The third-order valence-electron chi connectivity index (χ3n) is 3.68. The summed E-state index contributed by atoms with van der Waals surface area (Å²) in [5.41, 5.74) is 6.19. The number of ether oxygens (including phenoxy) is 1. The van der Waals surface area contributed by atoms with Gasteiger partial charge in [0.2, 0.25) is 0 Å². The van der Waals surface area contributed by atoms with Crippen LogP contribution in [-0.2, 0) is 0 Å². The number of amidine groups is 1. The number of piperidine rings is 1. The van der Waals surface area contributed by atoms with Gasteiger partial charge in [0, 0.05) is 18.7 Å². The summed E-state index contributed by atoms with van der Waals surface area (Å²) in [6.45, 7) is 6.31. The van der Waals surface area contributed by atoms with Crippen molar-refractivity contribution < 1.29 is 9.94 Å². The minimum absolute atomic E-state index is 0.110. The van der Waals surface area contributed by atoms with E-state index in [-0.39, 0.29) is 5.84 Å². The predicted molar refractivity (Wildman–Crippen MR) is 79.3 cm³/mol. The van der Waals surface area contributed by atoms with Crippen LogP contribution in [0.1, 0.15) is 25.3 Å². The minimum atomic E-state index is 0.110. The molecule has 1 aliphatic heterocycles. The molecule has 1 aromatic carbocycles. The number of hydrogen-bond acceptors (Lipinski definition) is 4. The van der Waals surface area contributed by atoms with Gasteiger partial charge in [0.15, 0.2) is 5.84 Å². The predicted octanol–water partition coefficient (Wildman–Crippen LogP) is 1.89. The van der Waals surface area contributed by atoms with E-state index in [1.54, 1.807) is 12.1 Å². The Labute approximate surface area is 120 Å². The fourth-order valence-electron chi connectivity index (χ4n) is 2.56. The zero-order valence-electron chi connectivity index (χ0n) is 12.0. The molecular weight excluding hydrogens is 254 g/mol. The summed E-state index contributed by atoms with van der Waals surface area (Å²) in [7, 11) is 0. The first-order valence-electron chi connectivity index (χ1n) is 7.12. The van der Waals surface area contributed by atoms with Crippen LogP contribution in [0.15, 0.2) is 29.4 Å². The Bertz CT molecular complexity index is 445. The Hall–Kier alpha value is -1.75. The van der Waals surface area contributed by atoms with Gasteiger partial charge < -0.3 is 15.7 Å². The Morgan fingerprint density at radius 2 is 2.20 bits per heavy atom. The topological polar surface area (TPSA) is 71.1 Å². The summed E-state index contributed by atoms with van der Waals surface area (Å²) in [6, 6.07) is 7.25. The van der Waals surface area contributed by atoms with E-state index >= 15 is 0 Å². The number of benzene rings is 1. The summed E-state index contributed by atoms with van der Waals surface area (Å²) in [4.78, 5) is 2.46. The third kappa shape index (κ3) is 4.13. The molecule has 110 valence electrons. The van der Waals surface area contributed by atoms with Crippen molar-refractivity contribution in [2.75, 3.05) is 26.2 Å². The Kier molecular flexibility index (Phi) is 5.24. The number of nitrogens with zero attached hydrogens (tertiary/aromatic N) is 2. The second kappa shape index (κ2) is 7.14. The van der Waals surface area contributed by atoms with Crippen LogP contribution in [0.5, 0.6) is 5.75 Å². The largest absolute Gasteiger partial charge is 0.492 e. The molecule has 0 spiro atoms. The molecule has 1 fully saturated rings. The Morgan fingerprint density at radius 3 is 2.85 bits per heavy atom. The van der Waals surface area contributed by atoms with Crippen LogP contribution < -0.4 is 10.5 Å². The second-order valence-corrected chi connectivity index (χ2v) is 5.41. The van der Waals surface area contributed by atoms with Crippen molar-refractivity contribution in [1.29, 1.82) is 0 Å². The van der Waals surface area contributed by atoms with E-state index in [9.17, 15) is 0 Å². The van der Waals surface area contributed by atoms with Crippen molar-refractivity contribution in [3.8, 4) is 5.75 Å². The van der Waals surface area contributed by atoms with Crippen LogP contribution in [0.3, 0.4) is 0 Å². The maximum absolute atomic E-state index is 8.59. The Balaban J connectivity index is 1.76. The van der Waals surface area contributed by atoms with Crippen LogP contribution in [-0.4, -0.2) is 42.2 Å². The molecule has 0 aliphatic carbocycles. The molecule has 0 bridgehead atoms. The first-order valence-corrected chi connectivity index (χ1v) is 7.12. The zero-order chi connectivity index (χ0) is 14.4. The number of rotatable bonds is 5. The SMILES string of the molecule is CC1CCCN(CCOc2ccc(C(N)=NO)cc2)C1. The van der Waals surface area contributed by atoms with Gasteiger partial charge in [0.25, 0.3) is 0 Å². The van der Waals surface area contributed by atoms with Crippen molar-refractivity contribution in [3.05, 3.63) is 29.8 Å². The molecule has 1 aliphatic rings. The average molecular weight is 277 g/mol. The molecule has 0 saturated carbocycles. The summed E-state index contributed by atoms with van der Waals surface area (Å²) in [5.74, 6) is 1.71. The number of nitrogens with two attached hydrogens (primary N) is 1. The quantitative estimate of drug-likeness (QED) is 0.373. The molecule has 0 aromatic heterocycles. The molecule has 0 radical (unpaired) electrons. The average Bonchev–Trinajstić information content (AvgIpc) is 2.47. The summed E-state index contributed by atoms with van der Waals surface area (Å²) >= 11 is 0. The maximum Gasteiger partial charge on any atom is 0.170 e. The molecule has 1 aromatic rings. The van der Waals surface area contributed by atoms with E-state index < -0.39 is 0 Å². The van der Waals surface area contributed by atoms with Gasteiger partial charge in [-0.3, -0.25) is 4.90 Å². The molecule has 1 unspecified atom stereocenters. The molecule has 5 nitrogen and oxygen atoms in total. The lowest BCUT2D eigenvalue weighted by molar-refractivity contribution is 0.153. The molecule has 20 heavy (non-hydrogen) atoms. The van der Waals surface area contributed by atoms with Crippen molar-refractivity contribution in [2.45, 2.75) is 19.8 Å². The summed E-state index contributed by atoms with van der Waals surface area (Å²) < 4.78 is 5.73. The van der Waals surface area contributed by atoms with E-state index in [0.717, 1.165) is 18.2 Å². The lowest BCUT2D eigenvalue weighted by Crippen LogP contribution is -2.37. The van der Waals surface area contributed by atoms with E-state index in [1.165, 1.54) is 25.9 Å². The van der Waals surface area contributed by atoms with Gasteiger partial charge in [0.05, 0.1) is 0 Å². The van der Waals surface area contributed by atoms with Crippen molar-refractivity contribution >= 4 is 5.84 Å². The molecule has 2 rings (SSSR count). The molecular formula is C15H23N3O2. The van der Waals surface area contributed by atoms with Gasteiger partial charge in [0.1, 0.15) is 12.4 Å². The number of oxime groups is 1. The first-order chi connectivity index (χ1) is 9.69. The fourth-order valence-corrected chi connectivity index (χ4v) is 2.56.